The number of rotatable bonds is 1. The third-order valence-corrected chi connectivity index (χ3v) is 7.14. The van der Waals surface area contributed by atoms with Gasteiger partial charge in [0.15, 0.2) is 0 Å². The number of hydrogen-bond acceptors (Lipinski definition) is 6. The number of hydrogen-bond donors (Lipinski definition) is 2. The molecule has 3 N–H and O–H groups in total. The highest BCUT2D eigenvalue weighted by atomic mass is 35.5. The minimum Gasteiger partial charge on any atom is -0.490 e. The van der Waals surface area contributed by atoms with E-state index in [-0.39, 0.29) is 11.9 Å². The maximum absolute atomic E-state index is 13.2. The van der Waals surface area contributed by atoms with Crippen molar-refractivity contribution in [1.82, 2.24) is 10.2 Å². The second-order valence-electron chi connectivity index (χ2n) is 7.53. The van der Waals surface area contributed by atoms with Crippen LogP contribution in [0.15, 0.2) is 24.3 Å². The number of carbonyl (C=O) groups excluding carboxylic acids is 1. The fourth-order valence-electron chi connectivity index (χ4n) is 4.43. The van der Waals surface area contributed by atoms with Crippen LogP contribution in [0.5, 0.6) is 5.75 Å². The molecule has 0 spiro atoms. The molecule has 8 heteroatoms. The van der Waals surface area contributed by atoms with Gasteiger partial charge in [-0.3, -0.25) is 4.79 Å². The van der Waals surface area contributed by atoms with Gasteiger partial charge in [-0.25, -0.2) is 0 Å². The van der Waals surface area contributed by atoms with Crippen LogP contribution in [0.25, 0.3) is 21.2 Å². The van der Waals surface area contributed by atoms with E-state index in [2.05, 4.69) is 11.4 Å². The van der Waals surface area contributed by atoms with Crippen molar-refractivity contribution >= 4 is 43.9 Å². The number of nitrogens with one attached hydrogen (secondary N) is 1. The minimum absolute atomic E-state index is 0.00873. The van der Waals surface area contributed by atoms with Crippen LogP contribution in [0.1, 0.15) is 21.5 Å². The van der Waals surface area contributed by atoms with Crippen molar-refractivity contribution in [2.45, 2.75) is 13.0 Å². The van der Waals surface area contributed by atoms with E-state index < -0.39 is 0 Å². The van der Waals surface area contributed by atoms with Gasteiger partial charge in [-0.2, -0.15) is 5.26 Å². The number of fused-ring (bicyclic) bond motifs is 3. The number of carbonyl (C=O) groups is 1. The molecular formula is C22H19ClN4O2S. The van der Waals surface area contributed by atoms with E-state index in [1.807, 2.05) is 30.0 Å². The van der Waals surface area contributed by atoms with Crippen molar-refractivity contribution in [3.05, 3.63) is 46.0 Å². The third kappa shape index (κ3) is 2.76. The van der Waals surface area contributed by atoms with Gasteiger partial charge in [0, 0.05) is 45.9 Å². The molecule has 5 rings (SSSR count). The molecule has 1 atom stereocenters. The molecule has 3 aromatic rings. The zero-order valence-corrected chi connectivity index (χ0v) is 17.9. The summed E-state index contributed by atoms with van der Waals surface area (Å²) in [6.45, 7) is 4.45. The van der Waals surface area contributed by atoms with Crippen LogP contribution < -0.4 is 15.8 Å². The van der Waals surface area contributed by atoms with Crippen LogP contribution in [-0.2, 0) is 0 Å². The molecule has 1 fully saturated rings. The predicted molar refractivity (Wildman–Crippen MR) is 119 cm³/mol. The molecule has 3 heterocycles. The lowest BCUT2D eigenvalue weighted by molar-refractivity contribution is 0.0606. The number of anilines is 1. The number of halogens is 1. The van der Waals surface area contributed by atoms with Gasteiger partial charge in [-0.05, 0) is 24.6 Å². The number of nitriles is 1. The quantitative estimate of drug-likeness (QED) is 0.603. The summed E-state index contributed by atoms with van der Waals surface area (Å²) in [4.78, 5) is 15.1. The molecule has 0 radical (unpaired) electrons. The summed E-state index contributed by atoms with van der Waals surface area (Å²) in [5.74, 6) is 0.508. The van der Waals surface area contributed by atoms with E-state index in [1.54, 1.807) is 6.07 Å². The smallest absolute Gasteiger partial charge is 0.258 e. The molecule has 1 saturated heterocycles. The lowest BCUT2D eigenvalue weighted by Crippen LogP contribution is -2.54. The Hall–Kier alpha value is -2.79. The van der Waals surface area contributed by atoms with Crippen molar-refractivity contribution in [1.29, 1.82) is 5.26 Å². The first kappa shape index (κ1) is 19.2. The van der Waals surface area contributed by atoms with E-state index in [1.165, 1.54) is 11.3 Å². The van der Waals surface area contributed by atoms with Crippen molar-refractivity contribution in [3.63, 3.8) is 0 Å². The Kier molecular flexibility index (Phi) is 4.58. The van der Waals surface area contributed by atoms with Gasteiger partial charge in [0.05, 0.1) is 17.2 Å². The zero-order valence-electron chi connectivity index (χ0n) is 16.3. The van der Waals surface area contributed by atoms with Gasteiger partial charge in [0.2, 0.25) is 0 Å². The Morgan fingerprint density at radius 1 is 1.40 bits per heavy atom. The molecule has 6 nitrogen and oxygen atoms in total. The Morgan fingerprint density at radius 3 is 3.03 bits per heavy atom. The predicted octanol–water partition coefficient (Wildman–Crippen LogP) is 3.79. The number of nitrogens with zero attached hydrogens (tertiary/aromatic N) is 2. The Labute approximate surface area is 182 Å². The van der Waals surface area contributed by atoms with Crippen molar-refractivity contribution in [2.24, 2.45) is 0 Å². The summed E-state index contributed by atoms with van der Waals surface area (Å²) in [5, 5.41) is 14.7. The molecule has 2 aliphatic heterocycles. The summed E-state index contributed by atoms with van der Waals surface area (Å²) in [7, 11) is 0. The van der Waals surface area contributed by atoms with E-state index in [9.17, 15) is 10.1 Å². The highest BCUT2D eigenvalue weighted by Crippen LogP contribution is 2.46. The summed E-state index contributed by atoms with van der Waals surface area (Å²) in [6, 6.07) is 9.72. The normalized spacial score (nSPS) is 18.4. The molecule has 1 aromatic heterocycles. The summed E-state index contributed by atoms with van der Waals surface area (Å²) in [5.41, 5.74) is 9.41. The summed E-state index contributed by atoms with van der Waals surface area (Å²) >= 11 is 8.13. The molecule has 0 aliphatic carbocycles. The molecular weight excluding hydrogens is 420 g/mol. The lowest BCUT2D eigenvalue weighted by atomic mass is 9.93. The Morgan fingerprint density at radius 2 is 2.23 bits per heavy atom. The van der Waals surface area contributed by atoms with E-state index in [0.29, 0.717) is 46.6 Å². The monoisotopic (exact) mass is 438 g/mol. The molecule has 30 heavy (non-hydrogen) atoms. The number of amides is 1. The van der Waals surface area contributed by atoms with Gasteiger partial charge >= 0.3 is 0 Å². The highest BCUT2D eigenvalue weighted by molar-refractivity contribution is 7.23. The Bertz CT molecular complexity index is 1250. The van der Waals surface area contributed by atoms with E-state index >= 15 is 0 Å². The van der Waals surface area contributed by atoms with Crippen LogP contribution in [0, 0.1) is 18.3 Å². The SMILES string of the molecule is Cc1c2c(cc(Cl)c1-c1cccc3sc(N)c(C#N)c13)C(=O)N1CCNC[C@@H]1CO2. The number of thiophene rings is 1. The first-order chi connectivity index (χ1) is 14.5. The molecule has 1 amide bonds. The number of ether oxygens (including phenoxy) is 1. The van der Waals surface area contributed by atoms with E-state index in [0.717, 1.165) is 33.3 Å². The van der Waals surface area contributed by atoms with Gasteiger partial charge in [-0.15, -0.1) is 11.3 Å². The highest BCUT2D eigenvalue weighted by Gasteiger charge is 2.34. The summed E-state index contributed by atoms with van der Waals surface area (Å²) in [6.07, 6.45) is 0. The maximum Gasteiger partial charge on any atom is 0.258 e. The van der Waals surface area contributed by atoms with Crippen LogP contribution in [-0.4, -0.2) is 43.1 Å². The van der Waals surface area contributed by atoms with Gasteiger partial charge in [-0.1, -0.05) is 23.7 Å². The average molecular weight is 439 g/mol. The van der Waals surface area contributed by atoms with Crippen molar-refractivity contribution in [2.75, 3.05) is 32.0 Å². The largest absolute Gasteiger partial charge is 0.490 e. The van der Waals surface area contributed by atoms with Crippen molar-refractivity contribution in [3.8, 4) is 22.9 Å². The van der Waals surface area contributed by atoms with Crippen molar-refractivity contribution < 1.29 is 9.53 Å². The summed E-state index contributed by atoms with van der Waals surface area (Å²) < 4.78 is 7.09. The topological polar surface area (TPSA) is 91.4 Å². The number of nitrogen functional groups attached to an aromatic ring is 1. The zero-order chi connectivity index (χ0) is 21.0. The van der Waals surface area contributed by atoms with Gasteiger partial charge in [0.1, 0.15) is 23.4 Å². The van der Waals surface area contributed by atoms with Crippen LogP contribution in [0.2, 0.25) is 5.02 Å². The molecule has 152 valence electrons. The lowest BCUT2D eigenvalue weighted by Gasteiger charge is -2.33. The second-order valence-corrected chi connectivity index (χ2v) is 9.03. The fourth-order valence-corrected chi connectivity index (χ4v) is 5.73. The molecule has 2 aliphatic rings. The van der Waals surface area contributed by atoms with Gasteiger partial charge in [0.25, 0.3) is 5.91 Å². The Balaban J connectivity index is 1.74. The van der Waals surface area contributed by atoms with E-state index in [4.69, 9.17) is 22.1 Å². The first-order valence-corrected chi connectivity index (χ1v) is 10.9. The molecule has 0 bridgehead atoms. The molecule has 0 saturated carbocycles. The standard InChI is InChI=1S/C22H19ClN4O2S/c1-11-18(13-3-2-4-17-19(13)15(8-24)21(25)30-17)16(23)7-14-20(11)29-10-12-9-26-5-6-27(12)22(14)28/h2-4,7,12,26H,5-6,9-10,25H2,1H3/t12-/m1/s1. The third-order valence-electron chi connectivity index (χ3n) is 5.86. The van der Waals surface area contributed by atoms with Crippen LogP contribution in [0.4, 0.5) is 5.00 Å². The number of piperazine rings is 1. The first-order valence-electron chi connectivity index (χ1n) is 9.70. The van der Waals surface area contributed by atoms with Crippen LogP contribution >= 0.6 is 22.9 Å². The maximum atomic E-state index is 13.2. The number of nitrogens with two attached hydrogens (primary N) is 1. The molecule has 2 aromatic carbocycles. The van der Waals surface area contributed by atoms with Gasteiger partial charge < -0.3 is 20.7 Å². The number of benzene rings is 2. The average Bonchev–Trinajstić information content (AvgIpc) is 3.00. The van der Waals surface area contributed by atoms with Crippen LogP contribution in [0.3, 0.4) is 0 Å². The molecule has 0 unspecified atom stereocenters. The minimum atomic E-state index is -0.0544. The fraction of sp³-hybridized carbons (Fsp3) is 0.273. The second kappa shape index (κ2) is 7.17.